The number of amides is 1. The van der Waals surface area contributed by atoms with Crippen molar-refractivity contribution in [2.45, 2.75) is 501 Å². The van der Waals surface area contributed by atoms with Crippen LogP contribution in [0.25, 0.3) is 0 Å². The Labute approximate surface area is 577 Å². The van der Waals surface area contributed by atoms with Crippen LogP contribution in [-0.4, -0.2) is 47.4 Å². The molecule has 1 amide bonds. The van der Waals surface area contributed by atoms with Gasteiger partial charge in [0.05, 0.1) is 25.4 Å². The van der Waals surface area contributed by atoms with E-state index in [1.807, 2.05) is 6.08 Å². The SMILES string of the molecule is CCCCCCCCC/C=C\CCCCCCCC(=O)OCCCCCCCCCCCCCCCCCCCCCCCCCCCCCCCCCCCCCC(=O)NC(CO)C(O)/C=C/CCCCCCCCCCCCCCCCCCCCCCCC. The van der Waals surface area contributed by atoms with E-state index in [0.29, 0.717) is 19.4 Å². The lowest BCUT2D eigenvalue weighted by Gasteiger charge is -2.20. The molecule has 0 radical (unpaired) electrons. The summed E-state index contributed by atoms with van der Waals surface area (Å²) in [5.74, 6) is -0.0408. The second-order valence-electron chi connectivity index (χ2n) is 29.5. The molecule has 546 valence electrons. The van der Waals surface area contributed by atoms with Gasteiger partial charge < -0.3 is 20.3 Å². The Bertz CT molecular complexity index is 1450. The lowest BCUT2D eigenvalue weighted by atomic mass is 10.0. The lowest BCUT2D eigenvalue weighted by molar-refractivity contribution is -0.143. The highest BCUT2D eigenvalue weighted by atomic mass is 16.5. The number of rotatable bonds is 81. The zero-order valence-corrected chi connectivity index (χ0v) is 62.8. The third-order valence-electron chi connectivity index (χ3n) is 20.2. The number of carbonyl (C=O) groups is 2. The van der Waals surface area contributed by atoms with Crippen molar-refractivity contribution in [1.82, 2.24) is 5.32 Å². The average Bonchev–Trinajstić information content (AvgIpc) is 3.61. The maximum absolute atomic E-state index is 12.6. The highest BCUT2D eigenvalue weighted by Gasteiger charge is 2.18. The first-order valence-corrected chi connectivity index (χ1v) is 42.6. The van der Waals surface area contributed by atoms with Gasteiger partial charge in [-0.3, -0.25) is 9.59 Å². The van der Waals surface area contributed by atoms with Gasteiger partial charge in [0, 0.05) is 12.8 Å². The van der Waals surface area contributed by atoms with Crippen LogP contribution in [0.4, 0.5) is 0 Å². The maximum atomic E-state index is 12.6. The zero-order valence-electron chi connectivity index (χ0n) is 62.8. The summed E-state index contributed by atoms with van der Waals surface area (Å²) in [5, 5.41) is 23.3. The van der Waals surface area contributed by atoms with Crippen molar-refractivity contribution < 1.29 is 24.5 Å². The summed E-state index contributed by atoms with van der Waals surface area (Å²) in [5.41, 5.74) is 0. The van der Waals surface area contributed by atoms with Crippen molar-refractivity contribution >= 4 is 11.9 Å². The molecule has 0 spiro atoms. The van der Waals surface area contributed by atoms with Crippen LogP contribution in [0.5, 0.6) is 0 Å². The van der Waals surface area contributed by atoms with Gasteiger partial charge in [-0.15, -0.1) is 0 Å². The van der Waals surface area contributed by atoms with Crippen molar-refractivity contribution in [3.63, 3.8) is 0 Å². The van der Waals surface area contributed by atoms with Crippen LogP contribution in [0.15, 0.2) is 24.3 Å². The van der Waals surface area contributed by atoms with E-state index < -0.39 is 12.1 Å². The number of nitrogens with one attached hydrogen (secondary N) is 1. The fraction of sp³-hybridized carbons (Fsp3) is 0.930. The average molecular weight is 1300 g/mol. The van der Waals surface area contributed by atoms with Crippen molar-refractivity contribution in [2.24, 2.45) is 0 Å². The summed E-state index contributed by atoms with van der Waals surface area (Å²) in [6.45, 7) is 4.96. The summed E-state index contributed by atoms with van der Waals surface area (Å²) in [6, 6.07) is -0.625. The summed E-state index contributed by atoms with van der Waals surface area (Å²) >= 11 is 0. The monoisotopic (exact) mass is 1290 g/mol. The number of allylic oxidation sites excluding steroid dienone is 3. The molecule has 0 heterocycles. The molecule has 0 aromatic heterocycles. The van der Waals surface area contributed by atoms with Crippen LogP contribution in [0.1, 0.15) is 489 Å². The molecule has 0 aromatic rings. The number of esters is 1. The van der Waals surface area contributed by atoms with Gasteiger partial charge in [0.1, 0.15) is 0 Å². The topological polar surface area (TPSA) is 95.9 Å². The van der Waals surface area contributed by atoms with Crippen LogP contribution in [0.2, 0.25) is 0 Å². The first kappa shape index (κ1) is 90.3. The smallest absolute Gasteiger partial charge is 0.305 e. The van der Waals surface area contributed by atoms with Crippen LogP contribution in [0.3, 0.4) is 0 Å². The minimum absolute atomic E-state index is 0.0161. The quantitative estimate of drug-likeness (QED) is 0.0320. The second-order valence-corrected chi connectivity index (χ2v) is 29.5. The number of aliphatic hydroxyl groups is 2. The van der Waals surface area contributed by atoms with Crippen LogP contribution in [-0.2, 0) is 14.3 Å². The number of ether oxygens (including phenoxy) is 1. The highest BCUT2D eigenvalue weighted by molar-refractivity contribution is 5.76. The Morgan fingerprint density at radius 2 is 0.511 bits per heavy atom. The first-order chi connectivity index (χ1) is 45.5. The van der Waals surface area contributed by atoms with Gasteiger partial charge >= 0.3 is 5.97 Å². The molecule has 6 nitrogen and oxygen atoms in total. The molecule has 3 N–H and O–H groups in total. The standard InChI is InChI=1S/C86H167NO5/c1-3-5-7-9-11-13-15-17-19-21-22-23-24-38-41-44-47-50-54-58-62-66-70-74-78-84(89)83(82-88)87-85(90)79-75-71-67-63-59-55-51-48-45-42-39-36-34-32-30-28-26-25-27-29-31-33-35-37-40-43-46-49-53-57-61-65-69-73-77-81-92-86(91)80-76-72-68-64-60-56-52-20-18-16-14-12-10-8-6-4-2/h20,52,74,78,83-84,88-89H,3-19,21-51,53-73,75-77,79-82H2,1-2H3,(H,87,90)/b52-20-,78-74+. The second kappa shape index (κ2) is 81.8. The van der Waals surface area contributed by atoms with Crippen LogP contribution in [0, 0.1) is 0 Å². The number of carbonyl (C=O) groups excluding carboxylic acids is 2. The number of aliphatic hydroxyl groups excluding tert-OH is 2. The molecule has 0 saturated carbocycles. The van der Waals surface area contributed by atoms with E-state index in [9.17, 15) is 19.8 Å². The van der Waals surface area contributed by atoms with Crippen LogP contribution < -0.4 is 5.32 Å². The Morgan fingerprint density at radius 3 is 0.772 bits per heavy atom. The van der Waals surface area contributed by atoms with Crippen molar-refractivity contribution in [1.29, 1.82) is 0 Å². The maximum Gasteiger partial charge on any atom is 0.305 e. The minimum Gasteiger partial charge on any atom is -0.466 e. The molecule has 2 atom stereocenters. The predicted molar refractivity (Wildman–Crippen MR) is 407 cm³/mol. The van der Waals surface area contributed by atoms with Gasteiger partial charge in [-0.25, -0.2) is 0 Å². The zero-order chi connectivity index (χ0) is 66.3. The summed E-state index contributed by atoms with van der Waals surface area (Å²) in [7, 11) is 0. The van der Waals surface area contributed by atoms with E-state index in [-0.39, 0.29) is 18.5 Å². The molecule has 0 aliphatic rings. The number of unbranched alkanes of at least 4 members (excludes halogenated alkanes) is 68. The molecule has 0 aliphatic carbocycles. The summed E-state index contributed by atoms with van der Waals surface area (Å²) in [4.78, 5) is 24.7. The Morgan fingerprint density at radius 1 is 0.293 bits per heavy atom. The Hall–Kier alpha value is -1.66. The Kier molecular flexibility index (Phi) is 80.3. The van der Waals surface area contributed by atoms with Gasteiger partial charge in [-0.05, 0) is 57.8 Å². The predicted octanol–water partition coefficient (Wildman–Crippen LogP) is 28.4. The fourth-order valence-corrected chi connectivity index (χ4v) is 13.8. The Balaban J connectivity index is 3.33. The van der Waals surface area contributed by atoms with Gasteiger partial charge in [-0.1, -0.05) is 443 Å². The molecule has 0 saturated heterocycles. The first-order valence-electron chi connectivity index (χ1n) is 42.6. The van der Waals surface area contributed by atoms with Crippen molar-refractivity contribution in [3.8, 4) is 0 Å². The third-order valence-corrected chi connectivity index (χ3v) is 20.2. The summed E-state index contributed by atoms with van der Waals surface area (Å²) < 4.78 is 5.51. The van der Waals surface area contributed by atoms with E-state index >= 15 is 0 Å². The molecule has 0 bridgehead atoms. The third kappa shape index (κ3) is 77.3. The molecular formula is C86H167NO5. The van der Waals surface area contributed by atoms with Gasteiger partial charge in [0.2, 0.25) is 5.91 Å². The molecule has 6 heteroatoms. The largest absolute Gasteiger partial charge is 0.466 e. The fourth-order valence-electron chi connectivity index (χ4n) is 13.8. The van der Waals surface area contributed by atoms with E-state index in [4.69, 9.17) is 4.74 Å². The van der Waals surface area contributed by atoms with Gasteiger partial charge in [0.25, 0.3) is 0 Å². The van der Waals surface area contributed by atoms with Gasteiger partial charge in [-0.2, -0.15) is 0 Å². The molecule has 0 aliphatic heterocycles. The molecule has 0 fully saturated rings. The normalized spacial score (nSPS) is 12.5. The van der Waals surface area contributed by atoms with E-state index in [1.54, 1.807) is 6.08 Å². The van der Waals surface area contributed by atoms with Gasteiger partial charge in [0.15, 0.2) is 0 Å². The molecule has 0 aromatic carbocycles. The van der Waals surface area contributed by atoms with Crippen molar-refractivity contribution in [2.75, 3.05) is 13.2 Å². The number of hydrogen-bond acceptors (Lipinski definition) is 5. The minimum atomic E-state index is -0.842. The summed E-state index contributed by atoms with van der Waals surface area (Å²) in [6.07, 6.45) is 106. The lowest BCUT2D eigenvalue weighted by Crippen LogP contribution is -2.45. The molecular weight excluding hydrogens is 1130 g/mol. The van der Waals surface area contributed by atoms with E-state index in [2.05, 4.69) is 31.3 Å². The highest BCUT2D eigenvalue weighted by Crippen LogP contribution is 2.21. The van der Waals surface area contributed by atoms with E-state index in [1.165, 1.54) is 417 Å². The number of hydrogen-bond donors (Lipinski definition) is 3. The molecule has 2 unspecified atom stereocenters. The molecule has 0 rings (SSSR count). The van der Waals surface area contributed by atoms with Crippen LogP contribution >= 0.6 is 0 Å². The van der Waals surface area contributed by atoms with Crippen molar-refractivity contribution in [3.05, 3.63) is 24.3 Å². The van der Waals surface area contributed by atoms with E-state index in [0.717, 1.165) is 44.9 Å². The molecule has 92 heavy (non-hydrogen) atoms.